The normalized spacial score (nSPS) is 26.0. The van der Waals surface area contributed by atoms with Gasteiger partial charge < -0.3 is 9.64 Å². The summed E-state index contributed by atoms with van der Waals surface area (Å²) in [4.78, 5) is 2.53. The highest BCUT2D eigenvalue weighted by atomic mass is 35.5. The lowest BCUT2D eigenvalue weighted by atomic mass is 9.77. The van der Waals surface area contributed by atoms with Gasteiger partial charge in [0, 0.05) is 24.3 Å². The van der Waals surface area contributed by atoms with Crippen molar-refractivity contribution in [1.82, 2.24) is 4.90 Å². The van der Waals surface area contributed by atoms with Crippen LogP contribution in [-0.4, -0.2) is 37.7 Å². The first-order valence-corrected chi connectivity index (χ1v) is 9.74. The van der Waals surface area contributed by atoms with Crippen molar-refractivity contribution in [2.24, 2.45) is 5.92 Å². The molecule has 3 rings (SSSR count). The molecule has 1 saturated carbocycles. The lowest BCUT2D eigenvalue weighted by molar-refractivity contribution is 0.0408. The summed E-state index contributed by atoms with van der Waals surface area (Å²) in [5, 5.41) is 0.595. The van der Waals surface area contributed by atoms with E-state index in [1.54, 1.807) is 0 Å². The minimum atomic E-state index is -0.242. The SMILES string of the molecule is CN(CC[C@H]1CC[C@@H](c2ccc(F)cc2Cl)CC1)C1CCOCC1. The Labute approximate surface area is 150 Å². The van der Waals surface area contributed by atoms with E-state index in [0.29, 0.717) is 17.0 Å². The maximum absolute atomic E-state index is 13.2. The van der Waals surface area contributed by atoms with Gasteiger partial charge in [0.25, 0.3) is 0 Å². The Balaban J connectivity index is 1.43. The van der Waals surface area contributed by atoms with E-state index in [-0.39, 0.29) is 5.82 Å². The molecule has 1 aromatic rings. The number of nitrogens with zero attached hydrogens (tertiary/aromatic N) is 1. The summed E-state index contributed by atoms with van der Waals surface area (Å²) in [7, 11) is 2.26. The van der Waals surface area contributed by atoms with Gasteiger partial charge in [-0.2, -0.15) is 0 Å². The van der Waals surface area contributed by atoms with Crippen molar-refractivity contribution in [1.29, 1.82) is 0 Å². The topological polar surface area (TPSA) is 12.5 Å². The molecule has 2 aliphatic rings. The third kappa shape index (κ3) is 4.71. The molecule has 2 fully saturated rings. The molecule has 1 saturated heterocycles. The number of benzene rings is 1. The summed E-state index contributed by atoms with van der Waals surface area (Å²) in [6.45, 7) is 3.02. The molecular formula is C20H29ClFNO. The lowest BCUT2D eigenvalue weighted by Crippen LogP contribution is -2.37. The highest BCUT2D eigenvalue weighted by molar-refractivity contribution is 6.31. The van der Waals surface area contributed by atoms with Crippen molar-refractivity contribution >= 4 is 11.6 Å². The van der Waals surface area contributed by atoms with E-state index in [0.717, 1.165) is 24.7 Å². The summed E-state index contributed by atoms with van der Waals surface area (Å²) < 4.78 is 18.7. The highest BCUT2D eigenvalue weighted by Gasteiger charge is 2.25. The Morgan fingerprint density at radius 1 is 1.12 bits per heavy atom. The monoisotopic (exact) mass is 353 g/mol. The van der Waals surface area contributed by atoms with Crippen LogP contribution in [0.1, 0.15) is 56.4 Å². The average molecular weight is 354 g/mol. The molecule has 2 nitrogen and oxygen atoms in total. The number of rotatable bonds is 5. The van der Waals surface area contributed by atoms with Crippen molar-refractivity contribution in [2.45, 2.75) is 56.9 Å². The van der Waals surface area contributed by atoms with E-state index in [2.05, 4.69) is 11.9 Å². The summed E-state index contributed by atoms with van der Waals surface area (Å²) in [5.41, 5.74) is 1.14. The van der Waals surface area contributed by atoms with Gasteiger partial charge in [-0.25, -0.2) is 4.39 Å². The molecule has 0 unspecified atom stereocenters. The van der Waals surface area contributed by atoms with Crippen molar-refractivity contribution < 1.29 is 9.13 Å². The van der Waals surface area contributed by atoms with E-state index in [9.17, 15) is 4.39 Å². The fraction of sp³-hybridized carbons (Fsp3) is 0.700. The standard InChI is InChI=1S/C20H29ClFNO/c1-23(18-9-12-24-13-10-18)11-8-15-2-4-16(5-3-15)19-7-6-17(22)14-20(19)21/h6-7,14-16,18H,2-5,8-13H2,1H3/t15-,16+. The maximum atomic E-state index is 13.2. The van der Waals surface area contributed by atoms with Gasteiger partial charge in [-0.15, -0.1) is 0 Å². The third-order valence-electron chi connectivity index (χ3n) is 5.95. The second-order valence-electron chi connectivity index (χ2n) is 7.50. The Kier molecular flexibility index (Phi) is 6.54. The smallest absolute Gasteiger partial charge is 0.124 e. The predicted octanol–water partition coefficient (Wildman–Crippen LogP) is 5.25. The fourth-order valence-corrected chi connectivity index (χ4v) is 4.61. The van der Waals surface area contributed by atoms with Crippen LogP contribution >= 0.6 is 11.6 Å². The van der Waals surface area contributed by atoms with Crippen molar-refractivity contribution in [3.63, 3.8) is 0 Å². The van der Waals surface area contributed by atoms with Crippen LogP contribution in [0.3, 0.4) is 0 Å². The third-order valence-corrected chi connectivity index (χ3v) is 6.28. The first-order chi connectivity index (χ1) is 11.6. The van der Waals surface area contributed by atoms with Gasteiger partial charge in [0.2, 0.25) is 0 Å². The van der Waals surface area contributed by atoms with Crippen LogP contribution in [0.25, 0.3) is 0 Å². The largest absolute Gasteiger partial charge is 0.381 e. The number of halogens is 2. The van der Waals surface area contributed by atoms with Crippen LogP contribution < -0.4 is 0 Å². The molecular weight excluding hydrogens is 325 g/mol. The Morgan fingerprint density at radius 3 is 2.50 bits per heavy atom. The van der Waals surface area contributed by atoms with Crippen LogP contribution in [0.4, 0.5) is 4.39 Å². The molecule has 1 aromatic carbocycles. The van der Waals surface area contributed by atoms with Crippen molar-refractivity contribution in [3.8, 4) is 0 Å². The first kappa shape index (κ1) is 18.2. The van der Waals surface area contributed by atoms with Gasteiger partial charge in [-0.3, -0.25) is 0 Å². The van der Waals surface area contributed by atoms with Gasteiger partial charge in [0.1, 0.15) is 5.82 Å². The van der Waals surface area contributed by atoms with Crippen LogP contribution in [0.2, 0.25) is 5.02 Å². The quantitative estimate of drug-likeness (QED) is 0.716. The zero-order valence-corrected chi connectivity index (χ0v) is 15.4. The van der Waals surface area contributed by atoms with E-state index in [1.165, 1.54) is 63.6 Å². The predicted molar refractivity (Wildman–Crippen MR) is 97.2 cm³/mol. The Hall–Kier alpha value is -0.640. The second-order valence-corrected chi connectivity index (χ2v) is 7.90. The molecule has 1 aliphatic heterocycles. The molecule has 0 aromatic heterocycles. The van der Waals surface area contributed by atoms with E-state index >= 15 is 0 Å². The number of ether oxygens (including phenoxy) is 1. The minimum Gasteiger partial charge on any atom is -0.381 e. The zero-order valence-electron chi connectivity index (χ0n) is 14.6. The molecule has 134 valence electrons. The van der Waals surface area contributed by atoms with Crippen LogP contribution in [0.5, 0.6) is 0 Å². The van der Waals surface area contributed by atoms with Gasteiger partial charge in [0.15, 0.2) is 0 Å². The summed E-state index contributed by atoms with van der Waals surface area (Å²) in [6, 6.07) is 5.57. The number of hydrogen-bond acceptors (Lipinski definition) is 2. The molecule has 0 N–H and O–H groups in total. The minimum absolute atomic E-state index is 0.242. The molecule has 0 radical (unpaired) electrons. The second kappa shape index (κ2) is 8.64. The van der Waals surface area contributed by atoms with Gasteiger partial charge in [0.05, 0.1) is 0 Å². The number of hydrogen-bond donors (Lipinski definition) is 0. The summed E-state index contributed by atoms with van der Waals surface area (Å²) in [6.07, 6.45) is 8.52. The first-order valence-electron chi connectivity index (χ1n) is 9.36. The van der Waals surface area contributed by atoms with Crippen LogP contribution in [0.15, 0.2) is 18.2 Å². The van der Waals surface area contributed by atoms with Gasteiger partial charge in [-0.05, 0) is 88.1 Å². The molecule has 0 atom stereocenters. The average Bonchev–Trinajstić information content (AvgIpc) is 2.61. The Morgan fingerprint density at radius 2 is 1.83 bits per heavy atom. The highest BCUT2D eigenvalue weighted by Crippen LogP contribution is 2.39. The Bertz CT molecular complexity index is 524. The van der Waals surface area contributed by atoms with Gasteiger partial charge >= 0.3 is 0 Å². The van der Waals surface area contributed by atoms with E-state index in [1.807, 2.05) is 6.07 Å². The fourth-order valence-electron chi connectivity index (χ4n) is 4.29. The van der Waals surface area contributed by atoms with Crippen LogP contribution in [0, 0.1) is 11.7 Å². The summed E-state index contributed by atoms with van der Waals surface area (Å²) in [5.74, 6) is 1.08. The van der Waals surface area contributed by atoms with Crippen molar-refractivity contribution in [3.05, 3.63) is 34.6 Å². The molecule has 0 amide bonds. The van der Waals surface area contributed by atoms with Crippen LogP contribution in [-0.2, 0) is 4.74 Å². The molecule has 1 heterocycles. The van der Waals surface area contributed by atoms with Gasteiger partial charge in [-0.1, -0.05) is 17.7 Å². The lowest BCUT2D eigenvalue weighted by Gasteiger charge is -2.34. The molecule has 24 heavy (non-hydrogen) atoms. The van der Waals surface area contributed by atoms with Crippen molar-refractivity contribution in [2.75, 3.05) is 26.8 Å². The molecule has 1 aliphatic carbocycles. The summed E-state index contributed by atoms with van der Waals surface area (Å²) >= 11 is 6.23. The molecule has 0 bridgehead atoms. The van der Waals surface area contributed by atoms with E-state index < -0.39 is 0 Å². The maximum Gasteiger partial charge on any atom is 0.124 e. The molecule has 4 heteroatoms. The molecule has 0 spiro atoms. The van der Waals surface area contributed by atoms with E-state index in [4.69, 9.17) is 16.3 Å². The zero-order chi connectivity index (χ0) is 16.9.